The van der Waals surface area contributed by atoms with E-state index >= 15 is 0 Å². The first kappa shape index (κ1) is 21.1. The minimum atomic E-state index is -1.40. The maximum atomic E-state index is 11.4. The number of rotatable bonds is 7. The van der Waals surface area contributed by atoms with E-state index in [2.05, 4.69) is 5.32 Å². The van der Waals surface area contributed by atoms with E-state index in [-0.39, 0.29) is 6.42 Å². The number of carbonyl (C=O) groups excluding carboxylic acids is 1. The lowest BCUT2D eigenvalue weighted by Gasteiger charge is -2.42. The summed E-state index contributed by atoms with van der Waals surface area (Å²) < 4.78 is 11.1. The number of ether oxygens (including phenoxy) is 2. The van der Waals surface area contributed by atoms with E-state index in [1.807, 2.05) is 0 Å². The molecule has 1 unspecified atom stereocenters. The van der Waals surface area contributed by atoms with Crippen LogP contribution in [-0.4, -0.2) is 75.6 Å². The number of carboxylic acids is 1. The second-order valence-corrected chi connectivity index (χ2v) is 6.34. The smallest absolute Gasteiger partial charge is 0.320 e. The minimum Gasteiger partial charge on any atom is -0.480 e. The lowest BCUT2D eigenvalue weighted by Crippen LogP contribution is -2.65. The Morgan fingerprint density at radius 2 is 1.89 bits per heavy atom. The van der Waals surface area contributed by atoms with Gasteiger partial charge in [0.15, 0.2) is 0 Å². The van der Waals surface area contributed by atoms with Crippen molar-refractivity contribution in [3.8, 4) is 5.75 Å². The number of aliphatic hydroxyl groups is 3. The Balaban J connectivity index is 2.11. The van der Waals surface area contributed by atoms with Crippen LogP contribution in [0.5, 0.6) is 5.75 Å². The Morgan fingerprint density at radius 3 is 2.41 bits per heavy atom. The minimum absolute atomic E-state index is 0.140. The van der Waals surface area contributed by atoms with E-state index in [9.17, 15) is 24.9 Å². The molecule has 0 spiro atoms. The predicted molar refractivity (Wildman–Crippen MR) is 91.8 cm³/mol. The molecule has 6 atom stereocenters. The van der Waals surface area contributed by atoms with Gasteiger partial charge in [-0.05, 0) is 24.1 Å². The summed E-state index contributed by atoms with van der Waals surface area (Å²) in [6.07, 6.45) is -4.90. The number of aliphatic carboxylic acids is 1. The van der Waals surface area contributed by atoms with Crippen molar-refractivity contribution in [3.05, 3.63) is 29.8 Å². The molecule has 0 aromatic heterocycles. The molecule has 1 fully saturated rings. The third-order valence-electron chi connectivity index (χ3n) is 4.20. The summed E-state index contributed by atoms with van der Waals surface area (Å²) in [7, 11) is 0. The van der Waals surface area contributed by atoms with Gasteiger partial charge in [-0.2, -0.15) is 0 Å². The molecule has 1 amide bonds. The molecule has 7 N–H and O–H groups in total. The maximum absolute atomic E-state index is 11.4. The Kier molecular flexibility index (Phi) is 7.11. The van der Waals surface area contributed by atoms with Crippen LogP contribution < -0.4 is 15.8 Å². The van der Waals surface area contributed by atoms with E-state index in [1.54, 1.807) is 24.3 Å². The van der Waals surface area contributed by atoms with Gasteiger partial charge >= 0.3 is 5.97 Å². The lowest BCUT2D eigenvalue weighted by molar-refractivity contribution is -0.244. The molecule has 1 saturated heterocycles. The fourth-order valence-corrected chi connectivity index (χ4v) is 2.75. The molecule has 10 nitrogen and oxygen atoms in total. The highest BCUT2D eigenvalue weighted by Crippen LogP contribution is 2.25. The summed E-state index contributed by atoms with van der Waals surface area (Å²) >= 11 is 0. The van der Waals surface area contributed by atoms with Gasteiger partial charge in [0.05, 0.1) is 6.61 Å². The van der Waals surface area contributed by atoms with Crippen LogP contribution in [0.15, 0.2) is 24.3 Å². The van der Waals surface area contributed by atoms with Crippen molar-refractivity contribution in [1.82, 2.24) is 5.32 Å². The van der Waals surface area contributed by atoms with Gasteiger partial charge in [-0.3, -0.25) is 9.59 Å². The fourth-order valence-electron chi connectivity index (χ4n) is 2.75. The first-order valence-corrected chi connectivity index (χ1v) is 8.36. The van der Waals surface area contributed by atoms with Crippen LogP contribution in [0.3, 0.4) is 0 Å². The summed E-state index contributed by atoms with van der Waals surface area (Å²) in [4.78, 5) is 22.2. The van der Waals surface area contributed by atoms with Crippen LogP contribution in [0.1, 0.15) is 12.5 Å². The quantitative estimate of drug-likeness (QED) is 0.310. The number of carbonyl (C=O) groups is 2. The molecule has 1 aromatic rings. The van der Waals surface area contributed by atoms with Crippen LogP contribution in [-0.2, 0) is 20.7 Å². The fraction of sp³-hybridized carbons (Fsp3) is 0.529. The molecular weight excluding hydrogens is 360 g/mol. The Hall–Kier alpha value is -2.24. The van der Waals surface area contributed by atoms with E-state index in [0.717, 1.165) is 0 Å². The van der Waals surface area contributed by atoms with Crippen LogP contribution in [0, 0.1) is 0 Å². The second-order valence-electron chi connectivity index (χ2n) is 6.34. The van der Waals surface area contributed by atoms with Crippen molar-refractivity contribution >= 4 is 11.9 Å². The van der Waals surface area contributed by atoms with Gasteiger partial charge < -0.3 is 41.0 Å². The molecule has 0 bridgehead atoms. The van der Waals surface area contributed by atoms with Gasteiger partial charge in [0.2, 0.25) is 12.2 Å². The Labute approximate surface area is 155 Å². The van der Waals surface area contributed by atoms with Gasteiger partial charge in [0, 0.05) is 6.92 Å². The first-order chi connectivity index (χ1) is 12.7. The van der Waals surface area contributed by atoms with Crippen LogP contribution in [0.4, 0.5) is 0 Å². The number of benzene rings is 1. The van der Waals surface area contributed by atoms with E-state index in [0.29, 0.717) is 11.3 Å². The normalized spacial score (nSPS) is 29.0. The topological polar surface area (TPSA) is 172 Å². The summed E-state index contributed by atoms with van der Waals surface area (Å²) in [6.45, 7) is 0.700. The van der Waals surface area contributed by atoms with Crippen LogP contribution in [0.2, 0.25) is 0 Å². The summed E-state index contributed by atoms with van der Waals surface area (Å²) in [5.41, 5.74) is 6.18. The summed E-state index contributed by atoms with van der Waals surface area (Å²) in [6, 6.07) is 4.30. The summed E-state index contributed by atoms with van der Waals surface area (Å²) in [5, 5.41) is 40.8. The van der Waals surface area contributed by atoms with Crippen molar-refractivity contribution in [2.45, 2.75) is 50.0 Å². The van der Waals surface area contributed by atoms with Crippen molar-refractivity contribution in [2.75, 3.05) is 6.61 Å². The molecule has 1 aromatic carbocycles. The molecule has 150 valence electrons. The molecule has 0 aliphatic carbocycles. The SMILES string of the molecule is CC(=O)N[C@H]1[C@@H](Oc2ccc(CC(N)C(=O)O)cc2)O[C@H](CO)[C@@H](O)[C@@H]1O. The molecule has 0 radical (unpaired) electrons. The Morgan fingerprint density at radius 1 is 1.26 bits per heavy atom. The second kappa shape index (κ2) is 9.11. The average molecular weight is 384 g/mol. The third-order valence-corrected chi connectivity index (χ3v) is 4.20. The summed E-state index contributed by atoms with van der Waals surface area (Å²) in [5.74, 6) is -1.24. The molecule has 0 saturated carbocycles. The van der Waals surface area contributed by atoms with Gasteiger partial charge in [-0.25, -0.2) is 0 Å². The van der Waals surface area contributed by atoms with Gasteiger partial charge in [0.1, 0.15) is 36.1 Å². The number of aliphatic hydroxyl groups excluding tert-OH is 3. The van der Waals surface area contributed by atoms with E-state index in [4.69, 9.17) is 20.3 Å². The molecule has 1 aliphatic rings. The molecule has 10 heteroatoms. The van der Waals surface area contributed by atoms with Gasteiger partial charge in [-0.15, -0.1) is 0 Å². The highest BCUT2D eigenvalue weighted by molar-refractivity contribution is 5.73. The van der Waals surface area contributed by atoms with Gasteiger partial charge in [-0.1, -0.05) is 12.1 Å². The predicted octanol–water partition coefficient (Wildman–Crippen LogP) is -2.04. The molecule has 2 rings (SSSR count). The first-order valence-electron chi connectivity index (χ1n) is 8.36. The highest BCUT2D eigenvalue weighted by atomic mass is 16.7. The lowest BCUT2D eigenvalue weighted by atomic mass is 9.97. The zero-order valence-corrected chi connectivity index (χ0v) is 14.7. The van der Waals surface area contributed by atoms with Crippen molar-refractivity contribution in [1.29, 1.82) is 0 Å². The number of nitrogens with one attached hydrogen (secondary N) is 1. The molecule has 1 heterocycles. The number of carboxylic acid groups (broad SMARTS) is 1. The molecular formula is C17H24N2O8. The van der Waals surface area contributed by atoms with Crippen molar-refractivity contribution < 1.29 is 39.5 Å². The zero-order chi connectivity index (χ0) is 20.1. The number of nitrogens with two attached hydrogens (primary N) is 1. The number of hydrogen-bond acceptors (Lipinski definition) is 8. The molecule has 1 aliphatic heterocycles. The van der Waals surface area contributed by atoms with E-state index in [1.165, 1.54) is 6.92 Å². The zero-order valence-electron chi connectivity index (χ0n) is 14.7. The van der Waals surface area contributed by atoms with Crippen LogP contribution >= 0.6 is 0 Å². The average Bonchev–Trinajstić information content (AvgIpc) is 2.62. The van der Waals surface area contributed by atoms with Crippen molar-refractivity contribution in [2.24, 2.45) is 5.73 Å². The van der Waals surface area contributed by atoms with Crippen molar-refractivity contribution in [3.63, 3.8) is 0 Å². The largest absolute Gasteiger partial charge is 0.480 e. The highest BCUT2D eigenvalue weighted by Gasteiger charge is 2.46. The number of hydrogen-bond donors (Lipinski definition) is 6. The standard InChI is InChI=1S/C17H24N2O8/c1-8(21)19-13-15(23)14(22)12(7-20)27-17(13)26-10-4-2-9(3-5-10)6-11(18)16(24)25/h2-5,11-15,17,20,22-23H,6-7,18H2,1H3,(H,19,21)(H,24,25)/t11?,12-,13-,14-,15-,17+/m1/s1. The third kappa shape index (κ3) is 5.37. The van der Waals surface area contributed by atoms with Crippen LogP contribution in [0.25, 0.3) is 0 Å². The number of amides is 1. The molecule has 27 heavy (non-hydrogen) atoms. The monoisotopic (exact) mass is 384 g/mol. The maximum Gasteiger partial charge on any atom is 0.320 e. The van der Waals surface area contributed by atoms with E-state index < -0.39 is 55.2 Å². The van der Waals surface area contributed by atoms with Gasteiger partial charge in [0.25, 0.3) is 0 Å². The Bertz CT molecular complexity index is 653.